The minimum absolute atomic E-state index is 0.0578. The van der Waals surface area contributed by atoms with E-state index in [9.17, 15) is 4.79 Å². The zero-order valence-electron chi connectivity index (χ0n) is 10.7. The first-order valence-electron chi connectivity index (χ1n) is 6.23. The van der Waals surface area contributed by atoms with Crippen LogP contribution < -0.4 is 5.32 Å². The molecule has 1 heterocycles. The quantitative estimate of drug-likeness (QED) is 0.759. The van der Waals surface area contributed by atoms with E-state index < -0.39 is 0 Å². The third-order valence-electron chi connectivity index (χ3n) is 2.73. The van der Waals surface area contributed by atoms with E-state index in [0.29, 0.717) is 18.9 Å². The maximum atomic E-state index is 12.0. The van der Waals surface area contributed by atoms with Crippen molar-refractivity contribution in [1.29, 1.82) is 0 Å². The van der Waals surface area contributed by atoms with E-state index in [0.717, 1.165) is 26.2 Å². The average Bonchev–Trinajstić information content (AvgIpc) is 2.26. The predicted octanol–water partition coefficient (Wildman–Crippen LogP) is 0.869. The van der Waals surface area contributed by atoms with Crippen molar-refractivity contribution in [2.75, 3.05) is 32.8 Å². The molecule has 1 aliphatic rings. The number of amides is 1. The summed E-state index contributed by atoms with van der Waals surface area (Å²) in [5.41, 5.74) is 0. The zero-order valence-corrected chi connectivity index (χ0v) is 10.7. The molecule has 1 saturated heterocycles. The fourth-order valence-corrected chi connectivity index (χ4v) is 1.92. The van der Waals surface area contributed by atoms with Crippen LogP contribution in [0.15, 0.2) is 0 Å². The number of rotatable bonds is 5. The van der Waals surface area contributed by atoms with Crippen LogP contribution in [0.5, 0.6) is 0 Å². The van der Waals surface area contributed by atoms with Crippen LogP contribution in [0, 0.1) is 5.92 Å². The highest BCUT2D eigenvalue weighted by Gasteiger charge is 2.20. The number of hydrogen-bond donors (Lipinski definition) is 1. The molecule has 1 atom stereocenters. The van der Waals surface area contributed by atoms with Crippen molar-refractivity contribution in [2.45, 2.75) is 33.3 Å². The highest BCUT2D eigenvalue weighted by molar-refractivity contribution is 5.76. The lowest BCUT2D eigenvalue weighted by Gasteiger charge is -2.27. The molecule has 0 aliphatic carbocycles. The number of carbonyl (C=O) groups is 1. The third-order valence-corrected chi connectivity index (χ3v) is 2.73. The number of ether oxygens (including phenoxy) is 1. The summed E-state index contributed by atoms with van der Waals surface area (Å²) < 4.78 is 5.54. The van der Waals surface area contributed by atoms with E-state index in [1.807, 2.05) is 11.8 Å². The fourth-order valence-electron chi connectivity index (χ4n) is 1.92. The topological polar surface area (TPSA) is 41.6 Å². The summed E-state index contributed by atoms with van der Waals surface area (Å²) in [6.45, 7) is 10.3. The average molecular weight is 228 g/mol. The molecule has 4 nitrogen and oxygen atoms in total. The molecule has 0 aromatic heterocycles. The van der Waals surface area contributed by atoms with E-state index >= 15 is 0 Å². The van der Waals surface area contributed by atoms with Gasteiger partial charge in [0, 0.05) is 26.2 Å². The Bertz CT molecular complexity index is 213. The van der Waals surface area contributed by atoms with E-state index in [4.69, 9.17) is 4.74 Å². The molecule has 1 N–H and O–H groups in total. The van der Waals surface area contributed by atoms with Gasteiger partial charge in [0.25, 0.3) is 0 Å². The Morgan fingerprint density at radius 2 is 2.31 bits per heavy atom. The van der Waals surface area contributed by atoms with Gasteiger partial charge in [-0.25, -0.2) is 0 Å². The minimum atomic E-state index is 0.0578. The zero-order chi connectivity index (χ0) is 12.0. The molecular formula is C12H24N2O2. The molecular weight excluding hydrogens is 204 g/mol. The molecule has 0 spiro atoms. The maximum absolute atomic E-state index is 12.0. The second-order valence-electron chi connectivity index (χ2n) is 4.73. The van der Waals surface area contributed by atoms with Crippen molar-refractivity contribution >= 4 is 5.91 Å². The van der Waals surface area contributed by atoms with E-state index in [2.05, 4.69) is 19.2 Å². The van der Waals surface area contributed by atoms with Crippen molar-refractivity contribution in [1.82, 2.24) is 10.2 Å². The second kappa shape index (κ2) is 6.86. The first kappa shape index (κ1) is 13.5. The first-order valence-corrected chi connectivity index (χ1v) is 6.23. The standard InChI is InChI=1S/C12H24N2O2/c1-4-14(9-10(2)3)12(15)7-11-8-13-5-6-16-11/h10-11,13H,4-9H2,1-3H3. The van der Waals surface area contributed by atoms with Gasteiger partial charge < -0.3 is 15.0 Å². The van der Waals surface area contributed by atoms with Gasteiger partial charge in [-0.3, -0.25) is 4.79 Å². The maximum Gasteiger partial charge on any atom is 0.225 e. The van der Waals surface area contributed by atoms with Crippen LogP contribution in [0.3, 0.4) is 0 Å². The monoisotopic (exact) mass is 228 g/mol. The molecule has 1 unspecified atom stereocenters. The van der Waals surface area contributed by atoms with E-state index in [1.54, 1.807) is 0 Å². The molecule has 0 saturated carbocycles. The molecule has 0 radical (unpaired) electrons. The summed E-state index contributed by atoms with van der Waals surface area (Å²) in [6, 6.07) is 0. The number of carbonyl (C=O) groups excluding carboxylic acids is 1. The van der Waals surface area contributed by atoms with E-state index in [-0.39, 0.29) is 12.0 Å². The first-order chi connectivity index (χ1) is 7.63. The minimum Gasteiger partial charge on any atom is -0.375 e. The number of nitrogens with zero attached hydrogens (tertiary/aromatic N) is 1. The van der Waals surface area contributed by atoms with Gasteiger partial charge in [-0.15, -0.1) is 0 Å². The Balaban J connectivity index is 2.35. The Morgan fingerprint density at radius 1 is 1.56 bits per heavy atom. The molecule has 1 rings (SSSR count). The molecule has 0 aromatic carbocycles. The smallest absolute Gasteiger partial charge is 0.225 e. The van der Waals surface area contributed by atoms with Crippen LogP contribution in [0.25, 0.3) is 0 Å². The molecule has 0 bridgehead atoms. The largest absolute Gasteiger partial charge is 0.375 e. The Kier molecular flexibility index (Phi) is 5.77. The van der Waals surface area contributed by atoms with Crippen LogP contribution in [0.2, 0.25) is 0 Å². The fraction of sp³-hybridized carbons (Fsp3) is 0.917. The Labute approximate surface area is 98.3 Å². The lowest BCUT2D eigenvalue weighted by Crippen LogP contribution is -2.43. The van der Waals surface area contributed by atoms with Gasteiger partial charge in [-0.2, -0.15) is 0 Å². The lowest BCUT2D eigenvalue weighted by molar-refractivity contribution is -0.135. The van der Waals surface area contributed by atoms with Crippen molar-refractivity contribution in [3.05, 3.63) is 0 Å². The molecule has 16 heavy (non-hydrogen) atoms. The summed E-state index contributed by atoms with van der Waals surface area (Å²) >= 11 is 0. The van der Waals surface area contributed by atoms with Crippen molar-refractivity contribution in [3.63, 3.8) is 0 Å². The van der Waals surface area contributed by atoms with Gasteiger partial charge in [0.15, 0.2) is 0 Å². The number of hydrogen-bond acceptors (Lipinski definition) is 3. The molecule has 1 amide bonds. The third kappa shape index (κ3) is 4.49. The summed E-state index contributed by atoms with van der Waals surface area (Å²) in [7, 11) is 0. The summed E-state index contributed by atoms with van der Waals surface area (Å²) in [5, 5.41) is 3.24. The predicted molar refractivity (Wildman–Crippen MR) is 64.3 cm³/mol. The van der Waals surface area contributed by atoms with Gasteiger partial charge in [0.05, 0.1) is 19.1 Å². The van der Waals surface area contributed by atoms with Crippen LogP contribution in [-0.2, 0) is 9.53 Å². The highest BCUT2D eigenvalue weighted by Crippen LogP contribution is 2.07. The Morgan fingerprint density at radius 3 is 2.81 bits per heavy atom. The Hall–Kier alpha value is -0.610. The van der Waals surface area contributed by atoms with Crippen LogP contribution in [0.4, 0.5) is 0 Å². The van der Waals surface area contributed by atoms with Gasteiger partial charge in [0.2, 0.25) is 5.91 Å². The van der Waals surface area contributed by atoms with Crippen LogP contribution in [-0.4, -0.2) is 49.7 Å². The van der Waals surface area contributed by atoms with Crippen molar-refractivity contribution in [2.24, 2.45) is 5.92 Å². The van der Waals surface area contributed by atoms with E-state index in [1.165, 1.54) is 0 Å². The highest BCUT2D eigenvalue weighted by atomic mass is 16.5. The van der Waals surface area contributed by atoms with Gasteiger partial charge in [0.1, 0.15) is 0 Å². The number of morpholine rings is 1. The van der Waals surface area contributed by atoms with Gasteiger partial charge in [-0.05, 0) is 12.8 Å². The summed E-state index contributed by atoms with van der Waals surface area (Å²) in [4.78, 5) is 13.9. The normalized spacial score (nSPS) is 21.1. The summed E-state index contributed by atoms with van der Waals surface area (Å²) in [6.07, 6.45) is 0.565. The molecule has 94 valence electrons. The van der Waals surface area contributed by atoms with Crippen molar-refractivity contribution in [3.8, 4) is 0 Å². The van der Waals surface area contributed by atoms with Crippen LogP contribution >= 0.6 is 0 Å². The molecule has 1 aliphatic heterocycles. The SMILES string of the molecule is CCN(CC(C)C)C(=O)CC1CNCCO1. The van der Waals surface area contributed by atoms with Crippen molar-refractivity contribution < 1.29 is 9.53 Å². The molecule has 1 fully saturated rings. The molecule has 4 heteroatoms. The number of nitrogens with one attached hydrogen (secondary N) is 1. The molecule has 0 aromatic rings. The van der Waals surface area contributed by atoms with Gasteiger partial charge in [-0.1, -0.05) is 13.8 Å². The van der Waals surface area contributed by atoms with Gasteiger partial charge >= 0.3 is 0 Å². The lowest BCUT2D eigenvalue weighted by atomic mass is 10.1. The second-order valence-corrected chi connectivity index (χ2v) is 4.73. The summed E-state index contributed by atoms with van der Waals surface area (Å²) in [5.74, 6) is 0.735. The van der Waals surface area contributed by atoms with Crippen LogP contribution in [0.1, 0.15) is 27.2 Å².